The van der Waals surface area contributed by atoms with Crippen LogP contribution in [-0.2, 0) is 4.79 Å². The molecule has 0 radical (unpaired) electrons. The number of benzene rings is 2. The largest absolute Gasteiger partial charge is 0.342 e. The van der Waals surface area contributed by atoms with Crippen molar-refractivity contribution >= 4 is 11.7 Å². The Morgan fingerprint density at radius 3 is 2.42 bits per heavy atom. The van der Waals surface area contributed by atoms with Crippen molar-refractivity contribution in [2.45, 2.75) is 25.7 Å². The Labute approximate surface area is 155 Å². The van der Waals surface area contributed by atoms with Crippen molar-refractivity contribution in [3.63, 3.8) is 0 Å². The zero-order valence-corrected chi connectivity index (χ0v) is 15.1. The number of ketones is 1. The van der Waals surface area contributed by atoms with E-state index < -0.39 is 0 Å². The van der Waals surface area contributed by atoms with Gasteiger partial charge in [0.25, 0.3) is 0 Å². The van der Waals surface area contributed by atoms with Crippen LogP contribution in [0, 0.1) is 5.92 Å². The molecule has 0 saturated carbocycles. The van der Waals surface area contributed by atoms with Crippen LogP contribution >= 0.6 is 0 Å². The Balaban J connectivity index is 1.66. The van der Waals surface area contributed by atoms with E-state index in [0.717, 1.165) is 36.1 Å². The van der Waals surface area contributed by atoms with E-state index in [4.69, 9.17) is 0 Å². The molecule has 0 aromatic heterocycles. The van der Waals surface area contributed by atoms with E-state index in [1.54, 1.807) is 6.08 Å². The van der Waals surface area contributed by atoms with Gasteiger partial charge in [0.2, 0.25) is 5.91 Å². The van der Waals surface area contributed by atoms with E-state index >= 15 is 0 Å². The van der Waals surface area contributed by atoms with Gasteiger partial charge in [0.05, 0.1) is 0 Å². The van der Waals surface area contributed by atoms with Crippen LogP contribution in [0.4, 0.5) is 0 Å². The number of hydrogen-bond acceptors (Lipinski definition) is 2. The number of piperidine rings is 1. The number of likely N-dealkylation sites (tertiary alicyclic amines) is 1. The molecule has 1 unspecified atom stereocenters. The smallest absolute Gasteiger partial charge is 0.222 e. The third-order valence-electron chi connectivity index (χ3n) is 4.98. The number of carbonyl (C=O) groups excluding carboxylic acids is 2. The number of allylic oxidation sites excluding steroid dienone is 1. The molecule has 1 saturated heterocycles. The summed E-state index contributed by atoms with van der Waals surface area (Å²) in [5.74, 6) is 0.173. The van der Waals surface area contributed by atoms with Crippen LogP contribution in [0.15, 0.2) is 67.3 Å². The summed E-state index contributed by atoms with van der Waals surface area (Å²) in [5, 5.41) is 0. The maximum Gasteiger partial charge on any atom is 0.222 e. The molecule has 1 heterocycles. The van der Waals surface area contributed by atoms with Gasteiger partial charge in [-0.3, -0.25) is 9.59 Å². The third kappa shape index (κ3) is 4.29. The molecule has 1 aliphatic heterocycles. The van der Waals surface area contributed by atoms with Gasteiger partial charge in [-0.25, -0.2) is 0 Å². The van der Waals surface area contributed by atoms with Crippen molar-refractivity contribution in [2.75, 3.05) is 13.1 Å². The van der Waals surface area contributed by atoms with Gasteiger partial charge in [0.15, 0.2) is 5.78 Å². The van der Waals surface area contributed by atoms with E-state index in [1.165, 1.54) is 0 Å². The fourth-order valence-electron chi connectivity index (χ4n) is 3.49. The highest BCUT2D eigenvalue weighted by Gasteiger charge is 2.28. The fraction of sp³-hybridized carbons (Fsp3) is 0.304. The SMILES string of the molecule is C=CCCC(=O)N1CCCC(C(=O)c2ccc(-c3ccccc3)cc2)C1. The van der Waals surface area contributed by atoms with Crippen LogP contribution in [0.1, 0.15) is 36.0 Å². The van der Waals surface area contributed by atoms with Crippen molar-refractivity contribution in [1.29, 1.82) is 0 Å². The number of rotatable bonds is 6. The summed E-state index contributed by atoms with van der Waals surface area (Å²) in [7, 11) is 0. The predicted molar refractivity (Wildman–Crippen MR) is 105 cm³/mol. The molecule has 0 aliphatic carbocycles. The van der Waals surface area contributed by atoms with Gasteiger partial charge >= 0.3 is 0 Å². The number of Topliss-reactive ketones (excluding diaryl/α,β-unsaturated/α-hetero) is 1. The zero-order valence-electron chi connectivity index (χ0n) is 15.1. The molecule has 2 aromatic carbocycles. The second-order valence-electron chi connectivity index (χ2n) is 6.81. The van der Waals surface area contributed by atoms with E-state index in [-0.39, 0.29) is 17.6 Å². The normalized spacial score (nSPS) is 16.9. The van der Waals surface area contributed by atoms with E-state index in [2.05, 4.69) is 18.7 Å². The Bertz CT molecular complexity index is 765. The first-order chi connectivity index (χ1) is 12.7. The minimum Gasteiger partial charge on any atom is -0.342 e. The molecule has 3 heteroatoms. The van der Waals surface area contributed by atoms with Crippen LogP contribution in [-0.4, -0.2) is 29.7 Å². The van der Waals surface area contributed by atoms with Gasteiger partial charge in [0.1, 0.15) is 0 Å². The van der Waals surface area contributed by atoms with Gasteiger partial charge in [-0.2, -0.15) is 0 Å². The summed E-state index contributed by atoms with van der Waals surface area (Å²) in [4.78, 5) is 26.9. The summed E-state index contributed by atoms with van der Waals surface area (Å²) in [5.41, 5.74) is 2.98. The highest BCUT2D eigenvalue weighted by Crippen LogP contribution is 2.24. The Hall–Kier alpha value is -2.68. The van der Waals surface area contributed by atoms with Gasteiger partial charge in [-0.05, 0) is 30.4 Å². The van der Waals surface area contributed by atoms with Crippen LogP contribution < -0.4 is 0 Å². The quantitative estimate of drug-likeness (QED) is 0.559. The molecular weight excluding hydrogens is 322 g/mol. The monoisotopic (exact) mass is 347 g/mol. The molecule has 1 aliphatic rings. The van der Waals surface area contributed by atoms with Crippen LogP contribution in [0.5, 0.6) is 0 Å². The first-order valence-corrected chi connectivity index (χ1v) is 9.27. The number of nitrogens with zero attached hydrogens (tertiary/aromatic N) is 1. The second-order valence-corrected chi connectivity index (χ2v) is 6.81. The molecule has 1 atom stereocenters. The number of amides is 1. The average Bonchev–Trinajstić information content (AvgIpc) is 2.72. The minimum absolute atomic E-state index is 0.0981. The van der Waals surface area contributed by atoms with Crippen LogP contribution in [0.25, 0.3) is 11.1 Å². The predicted octanol–water partition coefficient (Wildman–Crippen LogP) is 4.74. The van der Waals surface area contributed by atoms with E-state index in [0.29, 0.717) is 19.4 Å². The number of hydrogen-bond donors (Lipinski definition) is 0. The van der Waals surface area contributed by atoms with Crippen molar-refractivity contribution < 1.29 is 9.59 Å². The average molecular weight is 347 g/mol. The van der Waals surface area contributed by atoms with Crippen LogP contribution in [0.2, 0.25) is 0 Å². The molecular formula is C23H25NO2. The fourth-order valence-corrected chi connectivity index (χ4v) is 3.49. The maximum absolute atomic E-state index is 12.9. The Morgan fingerprint density at radius 2 is 1.73 bits per heavy atom. The van der Waals surface area contributed by atoms with Crippen LogP contribution in [0.3, 0.4) is 0 Å². The molecule has 0 bridgehead atoms. The summed E-state index contributed by atoms with van der Waals surface area (Å²) in [6.45, 7) is 4.96. The summed E-state index contributed by atoms with van der Waals surface area (Å²) in [6, 6.07) is 17.9. The van der Waals surface area contributed by atoms with E-state index in [9.17, 15) is 9.59 Å². The highest BCUT2D eigenvalue weighted by molar-refractivity contribution is 5.98. The lowest BCUT2D eigenvalue weighted by molar-refractivity contribution is -0.132. The first kappa shape index (κ1) is 18.1. The highest BCUT2D eigenvalue weighted by atomic mass is 16.2. The van der Waals surface area contributed by atoms with Crippen molar-refractivity contribution in [1.82, 2.24) is 4.90 Å². The molecule has 0 spiro atoms. The minimum atomic E-state index is -0.0981. The van der Waals surface area contributed by atoms with Gasteiger partial charge < -0.3 is 4.90 Å². The summed E-state index contributed by atoms with van der Waals surface area (Å²) in [6.07, 6.45) is 4.67. The Morgan fingerprint density at radius 1 is 1.04 bits per heavy atom. The van der Waals surface area contributed by atoms with Gasteiger partial charge in [-0.1, -0.05) is 60.7 Å². The van der Waals surface area contributed by atoms with Gasteiger partial charge in [0, 0.05) is 31.0 Å². The lowest BCUT2D eigenvalue weighted by atomic mass is 9.89. The summed E-state index contributed by atoms with van der Waals surface area (Å²) >= 11 is 0. The second kappa shape index (κ2) is 8.61. The lowest BCUT2D eigenvalue weighted by Crippen LogP contribution is -2.42. The Kier molecular flexibility index (Phi) is 6.00. The van der Waals surface area contributed by atoms with Crippen molar-refractivity contribution in [2.24, 2.45) is 5.92 Å². The van der Waals surface area contributed by atoms with Crippen molar-refractivity contribution in [3.8, 4) is 11.1 Å². The molecule has 1 amide bonds. The van der Waals surface area contributed by atoms with Crippen molar-refractivity contribution in [3.05, 3.63) is 72.8 Å². The summed E-state index contributed by atoms with van der Waals surface area (Å²) < 4.78 is 0. The number of carbonyl (C=O) groups is 2. The molecule has 26 heavy (non-hydrogen) atoms. The molecule has 134 valence electrons. The molecule has 0 N–H and O–H groups in total. The topological polar surface area (TPSA) is 37.4 Å². The molecule has 2 aromatic rings. The first-order valence-electron chi connectivity index (χ1n) is 9.27. The zero-order chi connectivity index (χ0) is 18.4. The molecule has 1 fully saturated rings. The standard InChI is InChI=1S/C23H25NO2/c1-2-3-11-22(25)24-16-7-10-21(17-24)23(26)20-14-12-19(13-15-20)18-8-5-4-6-9-18/h2,4-6,8-9,12-15,21H,1,3,7,10-11,16-17H2. The lowest BCUT2D eigenvalue weighted by Gasteiger charge is -2.32. The van der Waals surface area contributed by atoms with Gasteiger partial charge in [-0.15, -0.1) is 6.58 Å². The maximum atomic E-state index is 12.9. The van der Waals surface area contributed by atoms with E-state index in [1.807, 2.05) is 47.4 Å². The molecule has 3 nitrogen and oxygen atoms in total. The third-order valence-corrected chi connectivity index (χ3v) is 4.98. The molecule has 3 rings (SSSR count).